The number of carbonyl (C=O) groups excluding carboxylic acids is 4. The van der Waals surface area contributed by atoms with Gasteiger partial charge in [0.25, 0.3) is 0 Å². The van der Waals surface area contributed by atoms with E-state index in [1.807, 2.05) is 128 Å². The summed E-state index contributed by atoms with van der Waals surface area (Å²) in [5.74, 6) is 0.158. The molecule has 2 fully saturated rings. The number of likely N-dealkylation sites (tertiary alicyclic amines) is 2. The van der Waals surface area contributed by atoms with Crippen LogP contribution in [0.5, 0.6) is 0 Å². The lowest BCUT2D eigenvalue weighted by molar-refractivity contribution is -0.136. The van der Waals surface area contributed by atoms with Crippen molar-refractivity contribution >= 4 is 35.0 Å². The fraction of sp³-hybridized carbons (Fsp3) is 0.392. The molecular formula is C51H59N5O7. The second kappa shape index (κ2) is 18.7. The normalized spacial score (nSPS) is 19.0. The molecule has 2 saturated heterocycles. The fourth-order valence-electron chi connectivity index (χ4n) is 8.42. The molecule has 330 valence electrons. The number of anilines is 2. The maximum Gasteiger partial charge on any atom is 0.247 e. The third kappa shape index (κ3) is 11.9. The predicted octanol–water partition coefficient (Wildman–Crippen LogP) is 8.56. The molecular weight excluding hydrogens is 795 g/mol. The molecule has 5 aromatic rings. The number of aryl methyl sites for hydroxylation is 2. The Morgan fingerprint density at radius 1 is 0.635 bits per heavy atom. The zero-order valence-electron chi connectivity index (χ0n) is 37.6. The number of benzene rings is 4. The van der Waals surface area contributed by atoms with Gasteiger partial charge in [-0.25, -0.2) is 4.98 Å². The van der Waals surface area contributed by atoms with E-state index >= 15 is 0 Å². The van der Waals surface area contributed by atoms with Crippen molar-refractivity contribution < 1.29 is 33.1 Å². The van der Waals surface area contributed by atoms with E-state index in [9.17, 15) is 19.2 Å². The topological polar surface area (TPSA) is 143 Å². The van der Waals surface area contributed by atoms with Crippen molar-refractivity contribution in [3.8, 4) is 22.8 Å². The summed E-state index contributed by atoms with van der Waals surface area (Å²) in [5, 5.41) is 6.02. The van der Waals surface area contributed by atoms with Crippen LogP contribution in [0, 0.1) is 13.8 Å². The van der Waals surface area contributed by atoms with E-state index < -0.39 is 23.3 Å². The smallest absolute Gasteiger partial charge is 0.247 e. The average Bonchev–Trinajstić information content (AvgIpc) is 3.97. The standard InChI is InChI=1S/C51H59N5O7/c1-32-11-9-13-34(23-32)25-45(57)55-30-40(62-50(3,4)5)27-42(55)47(59)53-38-19-15-36(16-20-38)44-29-52-49(61-44)37-17-21-39(22-18-37)54-48(60)43-28-41(63-51(6,7)8)31-56(43)46(58)26-35-14-10-12-33(2)24-35/h9-24,29,40-43H,25-28,30-31H2,1-8H3,(H,53,59)(H,54,60)/t40-,41-,42+,43+/m1/s1. The third-order valence-corrected chi connectivity index (χ3v) is 11.0. The average molecular weight is 854 g/mol. The molecule has 0 radical (unpaired) electrons. The monoisotopic (exact) mass is 853 g/mol. The molecule has 2 aliphatic rings. The number of aromatic nitrogens is 1. The van der Waals surface area contributed by atoms with Gasteiger partial charge in [0.1, 0.15) is 12.1 Å². The van der Waals surface area contributed by atoms with Crippen molar-refractivity contribution in [3.63, 3.8) is 0 Å². The van der Waals surface area contributed by atoms with E-state index in [0.717, 1.165) is 27.8 Å². The van der Waals surface area contributed by atoms with Gasteiger partial charge in [-0.05, 0) is 115 Å². The first-order chi connectivity index (χ1) is 29.9. The Kier molecular flexibility index (Phi) is 13.3. The Bertz CT molecular complexity index is 2260. The summed E-state index contributed by atoms with van der Waals surface area (Å²) < 4.78 is 18.6. The summed E-state index contributed by atoms with van der Waals surface area (Å²) >= 11 is 0. The van der Waals surface area contributed by atoms with Gasteiger partial charge in [-0.15, -0.1) is 0 Å². The van der Waals surface area contributed by atoms with E-state index in [-0.39, 0.29) is 48.7 Å². The molecule has 3 heterocycles. The second-order valence-electron chi connectivity index (χ2n) is 18.8. The highest BCUT2D eigenvalue weighted by Gasteiger charge is 2.42. The van der Waals surface area contributed by atoms with E-state index in [2.05, 4.69) is 15.6 Å². The van der Waals surface area contributed by atoms with Crippen LogP contribution in [0.15, 0.2) is 108 Å². The number of rotatable bonds is 12. The van der Waals surface area contributed by atoms with E-state index in [4.69, 9.17) is 13.9 Å². The van der Waals surface area contributed by atoms with Gasteiger partial charge in [-0.2, -0.15) is 0 Å². The van der Waals surface area contributed by atoms with Crippen LogP contribution in [0.2, 0.25) is 0 Å². The van der Waals surface area contributed by atoms with Gasteiger partial charge in [-0.1, -0.05) is 59.7 Å². The second-order valence-corrected chi connectivity index (χ2v) is 18.8. The molecule has 4 amide bonds. The van der Waals surface area contributed by atoms with Crippen LogP contribution < -0.4 is 10.6 Å². The predicted molar refractivity (Wildman–Crippen MR) is 244 cm³/mol. The maximum atomic E-state index is 13.7. The zero-order chi connectivity index (χ0) is 45.1. The van der Waals surface area contributed by atoms with Crippen LogP contribution in [0.3, 0.4) is 0 Å². The number of carbonyl (C=O) groups is 4. The molecule has 1 aromatic heterocycles. The Balaban J connectivity index is 0.972. The molecule has 63 heavy (non-hydrogen) atoms. The van der Waals surface area contributed by atoms with Crippen molar-refractivity contribution in [2.24, 2.45) is 0 Å². The first-order valence-corrected chi connectivity index (χ1v) is 21.7. The SMILES string of the molecule is Cc1cccc(CC(=O)N2C[C@H](OC(C)(C)C)C[C@H]2C(=O)Nc2ccc(-c3cnc(-c4ccc(NC(=O)[C@@H]5C[C@@H](OC(C)(C)C)CN5C(=O)Cc5cccc(C)c5)cc4)o3)cc2)c1. The number of amides is 4. The van der Waals surface area contributed by atoms with Gasteiger partial charge < -0.3 is 34.3 Å². The highest BCUT2D eigenvalue weighted by atomic mass is 16.5. The summed E-state index contributed by atoms with van der Waals surface area (Å²) in [4.78, 5) is 62.5. The largest absolute Gasteiger partial charge is 0.436 e. The Labute approximate surface area is 370 Å². The van der Waals surface area contributed by atoms with Crippen LogP contribution >= 0.6 is 0 Å². The number of nitrogens with zero attached hydrogens (tertiary/aromatic N) is 3. The van der Waals surface area contributed by atoms with Crippen molar-refractivity contribution in [2.75, 3.05) is 23.7 Å². The van der Waals surface area contributed by atoms with Crippen LogP contribution in [0.1, 0.15) is 76.6 Å². The summed E-state index contributed by atoms with van der Waals surface area (Å²) in [6, 6.07) is 28.8. The first kappa shape index (κ1) is 44.9. The molecule has 0 spiro atoms. The highest BCUT2D eigenvalue weighted by Crippen LogP contribution is 2.31. The minimum absolute atomic E-state index is 0.116. The van der Waals surface area contributed by atoms with Gasteiger partial charge in [-0.3, -0.25) is 19.2 Å². The fourth-order valence-corrected chi connectivity index (χ4v) is 8.42. The molecule has 7 rings (SSSR count). The summed E-state index contributed by atoms with van der Waals surface area (Å²) in [5.41, 5.74) is 5.75. The van der Waals surface area contributed by atoms with Crippen LogP contribution in [-0.4, -0.2) is 87.0 Å². The van der Waals surface area contributed by atoms with Crippen molar-refractivity contribution in [1.29, 1.82) is 0 Å². The molecule has 2 aliphatic heterocycles. The lowest BCUT2D eigenvalue weighted by atomic mass is 10.1. The molecule has 12 heteroatoms. The van der Waals surface area contributed by atoms with Crippen molar-refractivity contribution in [2.45, 2.75) is 117 Å². The minimum atomic E-state index is -0.681. The zero-order valence-corrected chi connectivity index (χ0v) is 37.6. The van der Waals surface area contributed by atoms with Crippen LogP contribution in [0.4, 0.5) is 11.4 Å². The summed E-state index contributed by atoms with van der Waals surface area (Å²) in [7, 11) is 0. The highest BCUT2D eigenvalue weighted by molar-refractivity contribution is 5.99. The molecule has 4 aromatic carbocycles. The lowest BCUT2D eigenvalue weighted by Crippen LogP contribution is -2.44. The molecule has 12 nitrogen and oxygen atoms in total. The molecule has 0 unspecified atom stereocenters. The molecule has 0 bridgehead atoms. The van der Waals surface area contributed by atoms with Gasteiger partial charge in [0.05, 0.1) is 42.4 Å². The van der Waals surface area contributed by atoms with E-state index in [1.54, 1.807) is 40.3 Å². The Morgan fingerprint density at radius 3 is 1.48 bits per heavy atom. The molecule has 0 saturated carbocycles. The van der Waals surface area contributed by atoms with Gasteiger partial charge >= 0.3 is 0 Å². The van der Waals surface area contributed by atoms with E-state index in [1.165, 1.54) is 0 Å². The third-order valence-electron chi connectivity index (χ3n) is 11.0. The number of ether oxygens (including phenoxy) is 2. The molecule has 2 N–H and O–H groups in total. The first-order valence-electron chi connectivity index (χ1n) is 21.7. The number of hydrogen-bond acceptors (Lipinski definition) is 8. The lowest BCUT2D eigenvalue weighted by Gasteiger charge is -2.25. The van der Waals surface area contributed by atoms with Gasteiger partial charge in [0.2, 0.25) is 29.5 Å². The quantitative estimate of drug-likeness (QED) is 0.127. The van der Waals surface area contributed by atoms with Crippen molar-refractivity contribution in [1.82, 2.24) is 14.8 Å². The van der Waals surface area contributed by atoms with Gasteiger partial charge in [0.15, 0.2) is 5.76 Å². The van der Waals surface area contributed by atoms with Crippen LogP contribution in [-0.2, 0) is 41.5 Å². The molecule has 0 aliphatic carbocycles. The maximum absolute atomic E-state index is 13.7. The van der Waals surface area contributed by atoms with Crippen molar-refractivity contribution in [3.05, 3.63) is 126 Å². The van der Waals surface area contributed by atoms with Crippen LogP contribution in [0.25, 0.3) is 22.8 Å². The Hall–Kier alpha value is -6.11. The minimum Gasteiger partial charge on any atom is -0.436 e. The number of hydrogen-bond donors (Lipinski definition) is 2. The van der Waals surface area contributed by atoms with E-state index in [0.29, 0.717) is 54.5 Å². The number of nitrogens with one attached hydrogen (secondary N) is 2. The Morgan fingerprint density at radius 2 is 1.06 bits per heavy atom. The summed E-state index contributed by atoms with van der Waals surface area (Å²) in [6.07, 6.45) is 2.31. The van der Waals surface area contributed by atoms with Gasteiger partial charge in [0, 0.05) is 48.4 Å². The summed E-state index contributed by atoms with van der Waals surface area (Å²) in [6.45, 7) is 16.5. The number of oxazole rings is 1. The molecule has 4 atom stereocenters.